The molecule has 0 radical (unpaired) electrons. The number of rotatable bonds is 3. The first-order valence-corrected chi connectivity index (χ1v) is 7.22. The van der Waals surface area contributed by atoms with E-state index in [4.69, 9.17) is 5.73 Å². The minimum absolute atomic E-state index is 0.0273. The Morgan fingerprint density at radius 3 is 2.70 bits per heavy atom. The zero-order chi connectivity index (χ0) is 14.4. The summed E-state index contributed by atoms with van der Waals surface area (Å²) in [6, 6.07) is 7.31. The van der Waals surface area contributed by atoms with E-state index in [0.29, 0.717) is 13.1 Å². The van der Waals surface area contributed by atoms with Gasteiger partial charge in [-0.25, -0.2) is 4.79 Å². The Morgan fingerprint density at radius 2 is 2.05 bits per heavy atom. The van der Waals surface area contributed by atoms with Gasteiger partial charge in [0.1, 0.15) is 0 Å². The van der Waals surface area contributed by atoms with Gasteiger partial charge in [-0.1, -0.05) is 25.0 Å². The average Bonchev–Trinajstić information content (AvgIpc) is 2.73. The molecule has 0 aromatic heterocycles. The molecule has 0 bridgehead atoms. The Labute approximate surface area is 119 Å². The molecule has 1 heterocycles. The summed E-state index contributed by atoms with van der Waals surface area (Å²) < 4.78 is 0. The van der Waals surface area contributed by atoms with Crippen molar-refractivity contribution in [3.8, 4) is 0 Å². The molecule has 1 aliphatic rings. The first kappa shape index (κ1) is 14.8. The molecule has 0 aliphatic carbocycles. The monoisotopic (exact) mass is 277 g/mol. The van der Waals surface area contributed by atoms with Gasteiger partial charge >= 0.3 is 6.03 Å². The van der Waals surface area contributed by atoms with Crippen molar-refractivity contribution < 1.29 is 9.90 Å². The predicted molar refractivity (Wildman–Crippen MR) is 79.4 cm³/mol. The summed E-state index contributed by atoms with van der Waals surface area (Å²) in [6.07, 6.45) is 4.05. The van der Waals surface area contributed by atoms with E-state index in [1.807, 2.05) is 24.3 Å². The largest absolute Gasteiger partial charge is 0.394 e. The van der Waals surface area contributed by atoms with E-state index in [-0.39, 0.29) is 18.7 Å². The van der Waals surface area contributed by atoms with E-state index in [2.05, 4.69) is 5.32 Å². The lowest BCUT2D eigenvalue weighted by molar-refractivity contribution is 0.142. The number of nitrogens with one attached hydrogen (secondary N) is 1. The van der Waals surface area contributed by atoms with Gasteiger partial charge in [-0.05, 0) is 30.5 Å². The molecule has 20 heavy (non-hydrogen) atoms. The molecule has 0 saturated carbocycles. The maximum Gasteiger partial charge on any atom is 0.322 e. The number of hydrogen-bond acceptors (Lipinski definition) is 3. The number of likely N-dealkylation sites (tertiary alicyclic amines) is 1. The average molecular weight is 277 g/mol. The number of aliphatic hydroxyl groups excluding tert-OH is 1. The molecule has 1 aliphatic heterocycles. The van der Waals surface area contributed by atoms with Crippen molar-refractivity contribution >= 4 is 11.7 Å². The van der Waals surface area contributed by atoms with Crippen LogP contribution in [0.3, 0.4) is 0 Å². The predicted octanol–water partition coefficient (Wildman–Crippen LogP) is 1.91. The Morgan fingerprint density at radius 1 is 1.30 bits per heavy atom. The van der Waals surface area contributed by atoms with Crippen molar-refractivity contribution in [2.45, 2.75) is 38.3 Å². The van der Waals surface area contributed by atoms with Crippen LogP contribution in [0.5, 0.6) is 0 Å². The summed E-state index contributed by atoms with van der Waals surface area (Å²) >= 11 is 0. The summed E-state index contributed by atoms with van der Waals surface area (Å²) in [7, 11) is 0. The van der Waals surface area contributed by atoms with Crippen molar-refractivity contribution in [1.29, 1.82) is 0 Å². The van der Waals surface area contributed by atoms with Gasteiger partial charge in [-0.3, -0.25) is 0 Å². The van der Waals surface area contributed by atoms with Crippen LogP contribution in [0.4, 0.5) is 10.5 Å². The number of benzene rings is 1. The van der Waals surface area contributed by atoms with Gasteiger partial charge in [0.25, 0.3) is 0 Å². The van der Waals surface area contributed by atoms with E-state index in [1.54, 1.807) is 4.90 Å². The zero-order valence-corrected chi connectivity index (χ0v) is 11.7. The Kier molecular flexibility index (Phi) is 5.38. The standard InChI is InChI=1S/C15H23N3O2/c16-10-12-5-7-13(8-6-12)17-15(20)18-9-3-1-2-4-14(18)11-19/h5-8,14,19H,1-4,9-11,16H2,(H,17,20). The Balaban J connectivity index is 2.01. The van der Waals surface area contributed by atoms with Crippen LogP contribution in [0.2, 0.25) is 0 Å². The normalized spacial score (nSPS) is 19.5. The van der Waals surface area contributed by atoms with E-state index in [0.717, 1.165) is 36.9 Å². The molecule has 1 aromatic carbocycles. The van der Waals surface area contributed by atoms with E-state index in [9.17, 15) is 9.90 Å². The molecule has 1 fully saturated rings. The highest BCUT2D eigenvalue weighted by Crippen LogP contribution is 2.18. The highest BCUT2D eigenvalue weighted by Gasteiger charge is 2.24. The number of carbonyl (C=O) groups excluding carboxylic acids is 1. The van der Waals surface area contributed by atoms with Gasteiger partial charge < -0.3 is 21.1 Å². The van der Waals surface area contributed by atoms with Crippen LogP contribution in [-0.4, -0.2) is 35.2 Å². The third-order valence-electron chi connectivity index (χ3n) is 3.79. The molecule has 1 unspecified atom stereocenters. The van der Waals surface area contributed by atoms with Gasteiger partial charge in [0.05, 0.1) is 12.6 Å². The van der Waals surface area contributed by atoms with Gasteiger partial charge in [0, 0.05) is 18.8 Å². The summed E-state index contributed by atoms with van der Waals surface area (Å²) in [5.74, 6) is 0. The number of aliphatic hydroxyl groups is 1. The third-order valence-corrected chi connectivity index (χ3v) is 3.79. The number of amides is 2. The maximum atomic E-state index is 12.3. The Bertz CT molecular complexity index is 433. The lowest BCUT2D eigenvalue weighted by Crippen LogP contribution is -2.44. The van der Waals surface area contributed by atoms with Crippen LogP contribution >= 0.6 is 0 Å². The van der Waals surface area contributed by atoms with Gasteiger partial charge in [0.2, 0.25) is 0 Å². The summed E-state index contributed by atoms with van der Waals surface area (Å²) in [5.41, 5.74) is 7.34. The second-order valence-electron chi connectivity index (χ2n) is 5.21. The summed E-state index contributed by atoms with van der Waals surface area (Å²) in [6.45, 7) is 1.23. The van der Waals surface area contributed by atoms with Crippen LogP contribution in [0.25, 0.3) is 0 Å². The lowest BCUT2D eigenvalue weighted by Gasteiger charge is -2.28. The molecule has 1 atom stereocenters. The molecule has 5 heteroatoms. The highest BCUT2D eigenvalue weighted by atomic mass is 16.3. The number of carbonyl (C=O) groups is 1. The quantitative estimate of drug-likeness (QED) is 0.789. The highest BCUT2D eigenvalue weighted by molar-refractivity contribution is 5.89. The SMILES string of the molecule is NCc1ccc(NC(=O)N2CCCCCC2CO)cc1. The van der Waals surface area contributed by atoms with E-state index < -0.39 is 0 Å². The third kappa shape index (κ3) is 3.71. The van der Waals surface area contributed by atoms with Gasteiger partial charge in [-0.15, -0.1) is 0 Å². The number of hydrogen-bond donors (Lipinski definition) is 3. The molecular weight excluding hydrogens is 254 g/mol. The second-order valence-corrected chi connectivity index (χ2v) is 5.21. The number of anilines is 1. The lowest BCUT2D eigenvalue weighted by atomic mass is 10.1. The van der Waals surface area contributed by atoms with Crippen LogP contribution in [-0.2, 0) is 6.54 Å². The number of nitrogens with two attached hydrogens (primary N) is 1. The van der Waals surface area contributed by atoms with E-state index >= 15 is 0 Å². The fraction of sp³-hybridized carbons (Fsp3) is 0.533. The van der Waals surface area contributed by atoms with Crippen molar-refractivity contribution in [1.82, 2.24) is 4.90 Å². The number of nitrogens with zero attached hydrogens (tertiary/aromatic N) is 1. The van der Waals surface area contributed by atoms with E-state index in [1.165, 1.54) is 0 Å². The maximum absolute atomic E-state index is 12.3. The minimum Gasteiger partial charge on any atom is -0.394 e. The molecule has 4 N–H and O–H groups in total. The fourth-order valence-corrected chi connectivity index (χ4v) is 2.55. The molecule has 110 valence electrons. The van der Waals surface area contributed by atoms with Crippen LogP contribution < -0.4 is 11.1 Å². The Hall–Kier alpha value is -1.59. The van der Waals surface area contributed by atoms with Crippen molar-refractivity contribution in [2.75, 3.05) is 18.5 Å². The smallest absolute Gasteiger partial charge is 0.322 e. The summed E-state index contributed by atoms with van der Waals surface area (Å²) in [5, 5.41) is 12.3. The van der Waals surface area contributed by atoms with Gasteiger partial charge in [-0.2, -0.15) is 0 Å². The zero-order valence-electron chi connectivity index (χ0n) is 11.7. The number of urea groups is 1. The first-order chi connectivity index (χ1) is 9.74. The molecule has 0 spiro atoms. The van der Waals surface area contributed by atoms with Crippen molar-refractivity contribution in [2.24, 2.45) is 5.73 Å². The molecular formula is C15H23N3O2. The molecule has 1 aromatic rings. The topological polar surface area (TPSA) is 78.6 Å². The molecule has 2 rings (SSSR count). The van der Waals surface area contributed by atoms with Crippen LogP contribution in [0.15, 0.2) is 24.3 Å². The second kappa shape index (κ2) is 7.26. The van der Waals surface area contributed by atoms with Crippen LogP contribution in [0.1, 0.15) is 31.2 Å². The molecule has 1 saturated heterocycles. The van der Waals surface area contributed by atoms with Crippen molar-refractivity contribution in [3.63, 3.8) is 0 Å². The fourth-order valence-electron chi connectivity index (χ4n) is 2.55. The summed E-state index contributed by atoms with van der Waals surface area (Å²) in [4.78, 5) is 14.1. The van der Waals surface area contributed by atoms with Crippen molar-refractivity contribution in [3.05, 3.63) is 29.8 Å². The molecule has 2 amide bonds. The minimum atomic E-state index is -0.133. The first-order valence-electron chi connectivity index (χ1n) is 7.22. The van der Waals surface area contributed by atoms with Gasteiger partial charge in [0.15, 0.2) is 0 Å². The van der Waals surface area contributed by atoms with Crippen LogP contribution in [0, 0.1) is 0 Å². The molecule has 5 nitrogen and oxygen atoms in total.